The van der Waals surface area contributed by atoms with E-state index in [0.29, 0.717) is 25.3 Å². The molecule has 0 radical (unpaired) electrons. The summed E-state index contributed by atoms with van der Waals surface area (Å²) in [6.45, 7) is 7.63. The summed E-state index contributed by atoms with van der Waals surface area (Å²) in [7, 11) is -1.97. The third-order valence-corrected chi connectivity index (χ3v) is 4.89. The molecule has 6 nitrogen and oxygen atoms in total. The van der Waals surface area contributed by atoms with Gasteiger partial charge in [-0.3, -0.25) is 4.79 Å². The first-order valence-electron chi connectivity index (χ1n) is 9.37. The van der Waals surface area contributed by atoms with Gasteiger partial charge in [-0.05, 0) is 40.8 Å². The van der Waals surface area contributed by atoms with Crippen molar-refractivity contribution in [3.05, 3.63) is 65.2 Å². The van der Waals surface area contributed by atoms with E-state index in [1.807, 2.05) is 24.3 Å². The molecule has 1 amide bonds. The van der Waals surface area contributed by atoms with E-state index < -0.39 is 10.1 Å². The van der Waals surface area contributed by atoms with Crippen LogP contribution in [0.25, 0.3) is 0 Å². The second-order valence-electron chi connectivity index (χ2n) is 7.98. The molecule has 2 aromatic carbocycles. The van der Waals surface area contributed by atoms with Crippen LogP contribution in [0.4, 0.5) is 0 Å². The molecule has 0 spiro atoms. The van der Waals surface area contributed by atoms with Crippen LogP contribution in [-0.4, -0.2) is 45.7 Å². The van der Waals surface area contributed by atoms with Gasteiger partial charge in [0.2, 0.25) is 0 Å². The lowest BCUT2D eigenvalue weighted by Crippen LogP contribution is -2.33. The second kappa shape index (κ2) is 9.41. The minimum Gasteiger partial charge on any atom is -0.383 e. The molecule has 0 aliphatic carbocycles. The number of rotatable bonds is 8. The lowest BCUT2D eigenvalue weighted by atomic mass is 9.86. The first-order chi connectivity index (χ1) is 13.5. The van der Waals surface area contributed by atoms with Crippen molar-refractivity contribution in [3.8, 4) is 5.75 Å². The number of hydrogen-bond donors (Lipinski definition) is 0. The highest BCUT2D eigenvalue weighted by atomic mass is 32.2. The van der Waals surface area contributed by atoms with Crippen LogP contribution in [-0.2, 0) is 26.8 Å². The molecule has 0 unspecified atom stereocenters. The van der Waals surface area contributed by atoms with Gasteiger partial charge in [0.25, 0.3) is 5.91 Å². The van der Waals surface area contributed by atoms with Gasteiger partial charge in [0.15, 0.2) is 0 Å². The Morgan fingerprint density at radius 2 is 1.59 bits per heavy atom. The molecule has 0 saturated carbocycles. The predicted molar refractivity (Wildman–Crippen MR) is 114 cm³/mol. The van der Waals surface area contributed by atoms with Crippen LogP contribution in [0.2, 0.25) is 0 Å². The number of hydrogen-bond acceptors (Lipinski definition) is 5. The summed E-state index contributed by atoms with van der Waals surface area (Å²) in [5.41, 5.74) is 2.67. The third kappa shape index (κ3) is 7.18. The first kappa shape index (κ1) is 22.9. The fraction of sp³-hybridized carbons (Fsp3) is 0.409. The zero-order chi connectivity index (χ0) is 21.7. The van der Waals surface area contributed by atoms with Crippen molar-refractivity contribution < 1.29 is 22.1 Å². The van der Waals surface area contributed by atoms with Crippen LogP contribution >= 0.6 is 0 Å². The summed E-state index contributed by atoms with van der Waals surface area (Å²) in [6, 6.07) is 14.3. The Morgan fingerprint density at radius 3 is 2.07 bits per heavy atom. The fourth-order valence-electron chi connectivity index (χ4n) is 2.79. The highest BCUT2D eigenvalue weighted by Crippen LogP contribution is 2.23. The molecular formula is C22H29NO5S. The first-order valence-corrected chi connectivity index (χ1v) is 11.2. The van der Waals surface area contributed by atoms with Crippen molar-refractivity contribution in [1.82, 2.24) is 4.90 Å². The van der Waals surface area contributed by atoms with Gasteiger partial charge in [-0.15, -0.1) is 0 Å². The van der Waals surface area contributed by atoms with Crippen LogP contribution in [0.1, 0.15) is 42.3 Å². The number of carbonyl (C=O) groups excluding carboxylic acids is 1. The highest BCUT2D eigenvalue weighted by molar-refractivity contribution is 7.86. The van der Waals surface area contributed by atoms with Crippen molar-refractivity contribution in [2.45, 2.75) is 32.7 Å². The number of benzene rings is 2. The topological polar surface area (TPSA) is 72.9 Å². The monoisotopic (exact) mass is 419 g/mol. The fourth-order valence-corrected chi connectivity index (χ4v) is 3.26. The molecule has 158 valence electrons. The largest absolute Gasteiger partial charge is 0.383 e. The Labute approximate surface area is 173 Å². The summed E-state index contributed by atoms with van der Waals surface area (Å²) >= 11 is 0. The Balaban J connectivity index is 2.17. The zero-order valence-electron chi connectivity index (χ0n) is 17.6. The minimum absolute atomic E-state index is 0.0209. The van der Waals surface area contributed by atoms with Gasteiger partial charge in [-0.1, -0.05) is 45.0 Å². The van der Waals surface area contributed by atoms with Crippen LogP contribution in [0.3, 0.4) is 0 Å². The van der Waals surface area contributed by atoms with Crippen LogP contribution in [0.5, 0.6) is 5.75 Å². The molecule has 7 heteroatoms. The normalized spacial score (nSPS) is 11.9. The zero-order valence-corrected chi connectivity index (χ0v) is 18.5. The molecule has 0 aliphatic rings. The van der Waals surface area contributed by atoms with Gasteiger partial charge >= 0.3 is 10.1 Å². The lowest BCUT2D eigenvalue weighted by molar-refractivity contribution is 0.0680. The maximum atomic E-state index is 13.0. The van der Waals surface area contributed by atoms with Gasteiger partial charge in [0, 0.05) is 25.8 Å². The molecule has 2 aromatic rings. The maximum Gasteiger partial charge on any atom is 0.306 e. The molecular weight excluding hydrogens is 390 g/mol. The number of nitrogens with zero attached hydrogens (tertiary/aromatic N) is 1. The Hall–Kier alpha value is -2.38. The minimum atomic E-state index is -3.57. The van der Waals surface area contributed by atoms with Gasteiger partial charge in [-0.2, -0.15) is 8.42 Å². The quantitative estimate of drug-likeness (QED) is 0.611. The van der Waals surface area contributed by atoms with Crippen LogP contribution < -0.4 is 4.18 Å². The molecule has 29 heavy (non-hydrogen) atoms. The van der Waals surface area contributed by atoms with Gasteiger partial charge in [-0.25, -0.2) is 0 Å². The maximum absolute atomic E-state index is 13.0. The lowest BCUT2D eigenvalue weighted by Gasteiger charge is -2.24. The standard InChI is InChI=1S/C22H29NO5S/c1-22(2,3)19-10-8-18(9-11-19)21(24)23(14-15-27-4)16-17-6-12-20(13-7-17)28-29(5,25)26/h6-13H,14-16H2,1-5H3. The van der Waals surface area contributed by atoms with E-state index in [0.717, 1.165) is 11.8 Å². The van der Waals surface area contributed by atoms with E-state index in [-0.39, 0.29) is 17.1 Å². The summed E-state index contributed by atoms with van der Waals surface area (Å²) in [6.07, 6.45) is 0.997. The van der Waals surface area contributed by atoms with E-state index in [2.05, 4.69) is 20.8 Å². The molecule has 0 fully saturated rings. The Kier molecular flexibility index (Phi) is 7.43. The van der Waals surface area contributed by atoms with Crippen molar-refractivity contribution in [3.63, 3.8) is 0 Å². The van der Waals surface area contributed by atoms with Crippen molar-refractivity contribution in [1.29, 1.82) is 0 Å². The Bertz CT molecular complexity index is 913. The predicted octanol–water partition coefficient (Wildman–Crippen LogP) is 3.61. The average Bonchev–Trinajstić information content (AvgIpc) is 2.64. The summed E-state index contributed by atoms with van der Waals surface area (Å²) in [5, 5.41) is 0. The number of ether oxygens (including phenoxy) is 1. The molecule has 0 aliphatic heterocycles. The smallest absolute Gasteiger partial charge is 0.306 e. The van der Waals surface area contributed by atoms with E-state index in [9.17, 15) is 13.2 Å². The number of methoxy groups -OCH3 is 1. The SMILES string of the molecule is COCCN(Cc1ccc(OS(C)(=O)=O)cc1)C(=O)c1ccc(C(C)(C)C)cc1. The second-order valence-corrected chi connectivity index (χ2v) is 9.55. The van der Waals surface area contributed by atoms with Gasteiger partial charge < -0.3 is 13.8 Å². The van der Waals surface area contributed by atoms with Crippen LogP contribution in [0.15, 0.2) is 48.5 Å². The van der Waals surface area contributed by atoms with E-state index in [1.165, 1.54) is 5.56 Å². The van der Waals surface area contributed by atoms with E-state index >= 15 is 0 Å². The van der Waals surface area contributed by atoms with Crippen molar-refractivity contribution >= 4 is 16.0 Å². The number of carbonyl (C=O) groups is 1. The molecule has 2 rings (SSSR count). The third-order valence-electron chi connectivity index (χ3n) is 4.39. The van der Waals surface area contributed by atoms with Gasteiger partial charge in [0.05, 0.1) is 12.9 Å². The highest BCUT2D eigenvalue weighted by Gasteiger charge is 2.18. The van der Waals surface area contributed by atoms with E-state index in [4.69, 9.17) is 8.92 Å². The summed E-state index contributed by atoms with van der Waals surface area (Å²) in [4.78, 5) is 14.7. The Morgan fingerprint density at radius 1 is 1.00 bits per heavy atom. The summed E-state index contributed by atoms with van der Waals surface area (Å²) < 4.78 is 32.5. The molecule has 0 N–H and O–H groups in total. The van der Waals surface area contributed by atoms with Crippen LogP contribution in [0, 0.1) is 0 Å². The molecule has 0 saturated heterocycles. The molecule has 0 aromatic heterocycles. The van der Waals surface area contributed by atoms with Crippen molar-refractivity contribution in [2.75, 3.05) is 26.5 Å². The molecule has 0 heterocycles. The number of amides is 1. The average molecular weight is 420 g/mol. The molecule has 0 bridgehead atoms. The van der Waals surface area contributed by atoms with Gasteiger partial charge in [0.1, 0.15) is 5.75 Å². The van der Waals surface area contributed by atoms with Crippen molar-refractivity contribution in [2.24, 2.45) is 0 Å². The van der Waals surface area contributed by atoms with E-state index in [1.54, 1.807) is 36.3 Å². The summed E-state index contributed by atoms with van der Waals surface area (Å²) in [5.74, 6) is 0.155. The molecule has 0 atom stereocenters.